The number of hydrogen-bond donors (Lipinski definition) is 1. The molecule has 1 heterocycles. The third-order valence-electron chi connectivity index (χ3n) is 4.04. The molecular weight excluding hydrogens is 308 g/mol. The van der Waals surface area contributed by atoms with E-state index in [0.29, 0.717) is 0 Å². The maximum Gasteiger partial charge on any atom is 0.304 e. The van der Waals surface area contributed by atoms with E-state index in [2.05, 4.69) is 35.8 Å². The van der Waals surface area contributed by atoms with Gasteiger partial charge in [-0.2, -0.15) is 0 Å². The van der Waals surface area contributed by atoms with Gasteiger partial charge in [0.05, 0.1) is 6.42 Å². The molecule has 1 aromatic rings. The second-order valence-corrected chi connectivity index (χ2v) is 7.25. The summed E-state index contributed by atoms with van der Waals surface area (Å²) in [5, 5.41) is 9.12. The fourth-order valence-electron chi connectivity index (χ4n) is 3.05. The Kier molecular flexibility index (Phi) is 2.72. The summed E-state index contributed by atoms with van der Waals surface area (Å²) in [6.45, 7) is 4.14. The van der Waals surface area contributed by atoms with Gasteiger partial charge in [0.25, 0.3) is 0 Å². The van der Waals surface area contributed by atoms with Gasteiger partial charge in [-0.1, -0.05) is 15.9 Å². The first kappa shape index (κ1) is 13.0. The molecule has 1 fully saturated rings. The van der Waals surface area contributed by atoms with Crippen LogP contribution >= 0.6 is 15.9 Å². The molecule has 19 heavy (non-hydrogen) atoms. The number of carboxylic acid groups (broad SMARTS) is 1. The molecule has 102 valence electrons. The Labute approximate surface area is 121 Å². The molecule has 0 unspecified atom stereocenters. The second kappa shape index (κ2) is 3.98. The van der Waals surface area contributed by atoms with Crippen LogP contribution in [-0.2, 0) is 16.6 Å². The van der Waals surface area contributed by atoms with E-state index in [0.717, 1.165) is 35.0 Å². The molecule has 1 saturated carbocycles. The van der Waals surface area contributed by atoms with Crippen LogP contribution in [-0.4, -0.2) is 16.7 Å². The molecule has 0 radical (unpaired) electrons. The van der Waals surface area contributed by atoms with Gasteiger partial charge in [-0.3, -0.25) is 4.79 Å². The predicted octanol–water partition coefficient (Wildman–Crippen LogP) is 3.67. The molecule has 0 bridgehead atoms. The van der Waals surface area contributed by atoms with Gasteiger partial charge in [0, 0.05) is 21.9 Å². The fraction of sp³-hybridized carbons (Fsp3) is 0.533. The van der Waals surface area contributed by atoms with Crippen LogP contribution in [0, 0.1) is 0 Å². The Balaban J connectivity index is 2.07. The molecule has 0 atom stereocenters. The third kappa shape index (κ3) is 2.27. The van der Waals surface area contributed by atoms with E-state index in [1.807, 2.05) is 6.07 Å². The first-order valence-electron chi connectivity index (χ1n) is 6.55. The van der Waals surface area contributed by atoms with Crippen molar-refractivity contribution in [1.29, 1.82) is 0 Å². The minimum absolute atomic E-state index is 0.194. The first-order chi connectivity index (χ1) is 8.81. The Bertz CT molecular complexity index is 559. The summed E-state index contributed by atoms with van der Waals surface area (Å²) in [4.78, 5) is 11.1. The molecule has 3 rings (SSSR count). The van der Waals surface area contributed by atoms with Crippen molar-refractivity contribution in [1.82, 2.24) is 0 Å². The van der Waals surface area contributed by atoms with Crippen LogP contribution < -0.4 is 4.74 Å². The molecule has 1 aliphatic heterocycles. The van der Waals surface area contributed by atoms with Gasteiger partial charge in [0.1, 0.15) is 11.4 Å². The lowest BCUT2D eigenvalue weighted by Crippen LogP contribution is -2.25. The van der Waals surface area contributed by atoms with Crippen molar-refractivity contribution < 1.29 is 14.6 Å². The minimum Gasteiger partial charge on any atom is -0.487 e. The van der Waals surface area contributed by atoms with Crippen molar-refractivity contribution in [3.63, 3.8) is 0 Å². The summed E-state index contributed by atoms with van der Waals surface area (Å²) in [6.07, 6.45) is 2.94. The second-order valence-electron chi connectivity index (χ2n) is 6.33. The van der Waals surface area contributed by atoms with Crippen LogP contribution in [0.1, 0.15) is 44.2 Å². The minimum atomic E-state index is -0.733. The largest absolute Gasteiger partial charge is 0.487 e. The molecule has 0 aromatic heterocycles. The van der Waals surface area contributed by atoms with Crippen LogP contribution in [0.15, 0.2) is 16.6 Å². The SMILES string of the molecule is CC1(C)Cc2cc(Br)cc(C3(CC(=O)O)CC3)c2O1. The van der Waals surface area contributed by atoms with E-state index in [9.17, 15) is 4.79 Å². The molecule has 4 heteroatoms. The fourth-order valence-corrected chi connectivity index (χ4v) is 3.55. The molecule has 1 aliphatic carbocycles. The van der Waals surface area contributed by atoms with Crippen molar-refractivity contribution in [2.45, 2.75) is 50.5 Å². The van der Waals surface area contributed by atoms with Crippen LogP contribution in [0.5, 0.6) is 5.75 Å². The van der Waals surface area contributed by atoms with Gasteiger partial charge in [-0.25, -0.2) is 0 Å². The molecule has 1 N–H and O–H groups in total. The van der Waals surface area contributed by atoms with Gasteiger partial charge in [-0.15, -0.1) is 0 Å². The number of rotatable bonds is 3. The lowest BCUT2D eigenvalue weighted by Gasteiger charge is -2.21. The lowest BCUT2D eigenvalue weighted by molar-refractivity contribution is -0.137. The summed E-state index contributed by atoms with van der Waals surface area (Å²) < 4.78 is 7.09. The summed E-state index contributed by atoms with van der Waals surface area (Å²) >= 11 is 3.54. The molecule has 1 aromatic carbocycles. The van der Waals surface area contributed by atoms with E-state index >= 15 is 0 Å². The number of aliphatic carboxylic acids is 1. The summed E-state index contributed by atoms with van der Waals surface area (Å²) in [5.74, 6) is 0.190. The van der Waals surface area contributed by atoms with Crippen molar-refractivity contribution >= 4 is 21.9 Å². The smallest absolute Gasteiger partial charge is 0.304 e. The first-order valence-corrected chi connectivity index (χ1v) is 7.34. The van der Waals surface area contributed by atoms with Crippen LogP contribution in [0.2, 0.25) is 0 Å². The predicted molar refractivity (Wildman–Crippen MR) is 75.7 cm³/mol. The summed E-state index contributed by atoms with van der Waals surface area (Å²) in [5.41, 5.74) is 1.85. The molecule has 3 nitrogen and oxygen atoms in total. The van der Waals surface area contributed by atoms with E-state index in [1.165, 1.54) is 5.56 Å². The maximum atomic E-state index is 11.1. The number of hydrogen-bond acceptors (Lipinski definition) is 2. The Hall–Kier alpha value is -1.03. The van der Waals surface area contributed by atoms with Crippen LogP contribution in [0.25, 0.3) is 0 Å². The van der Waals surface area contributed by atoms with Crippen LogP contribution in [0.3, 0.4) is 0 Å². The van der Waals surface area contributed by atoms with Gasteiger partial charge in [0.2, 0.25) is 0 Å². The zero-order valence-electron chi connectivity index (χ0n) is 11.1. The molecule has 0 spiro atoms. The monoisotopic (exact) mass is 324 g/mol. The number of ether oxygens (including phenoxy) is 1. The Morgan fingerprint density at radius 2 is 2.11 bits per heavy atom. The molecule has 2 aliphatic rings. The average Bonchev–Trinajstić information content (AvgIpc) is 2.93. The Morgan fingerprint density at radius 3 is 2.68 bits per heavy atom. The number of carboxylic acids is 1. The zero-order chi connectivity index (χ0) is 13.8. The molecule has 0 amide bonds. The van der Waals surface area contributed by atoms with Gasteiger partial charge < -0.3 is 9.84 Å². The molecule has 0 saturated heterocycles. The summed E-state index contributed by atoms with van der Waals surface area (Å²) in [6, 6.07) is 4.13. The van der Waals surface area contributed by atoms with Gasteiger partial charge in [0.15, 0.2) is 0 Å². The van der Waals surface area contributed by atoms with Crippen molar-refractivity contribution in [2.24, 2.45) is 0 Å². The van der Waals surface area contributed by atoms with E-state index in [-0.39, 0.29) is 17.4 Å². The normalized spacial score (nSPS) is 21.6. The highest BCUT2D eigenvalue weighted by Crippen LogP contribution is 2.56. The standard InChI is InChI=1S/C15H17BrO3/c1-14(2)7-9-5-10(16)6-11(13(9)19-14)15(3-4-15)8-12(17)18/h5-6H,3-4,7-8H2,1-2H3,(H,17,18). The Morgan fingerprint density at radius 1 is 1.42 bits per heavy atom. The van der Waals surface area contributed by atoms with Crippen molar-refractivity contribution in [3.8, 4) is 5.75 Å². The highest BCUT2D eigenvalue weighted by Gasteiger charge is 2.49. The van der Waals surface area contributed by atoms with Gasteiger partial charge >= 0.3 is 5.97 Å². The topological polar surface area (TPSA) is 46.5 Å². The highest BCUT2D eigenvalue weighted by molar-refractivity contribution is 9.10. The quantitative estimate of drug-likeness (QED) is 0.922. The lowest BCUT2D eigenvalue weighted by atomic mass is 9.89. The number of carbonyl (C=O) groups is 1. The highest BCUT2D eigenvalue weighted by atomic mass is 79.9. The van der Waals surface area contributed by atoms with Gasteiger partial charge in [-0.05, 0) is 44.4 Å². The molecular formula is C15H17BrO3. The van der Waals surface area contributed by atoms with E-state index in [4.69, 9.17) is 9.84 Å². The van der Waals surface area contributed by atoms with E-state index in [1.54, 1.807) is 0 Å². The number of halogens is 1. The number of benzene rings is 1. The summed E-state index contributed by atoms with van der Waals surface area (Å²) in [7, 11) is 0. The van der Waals surface area contributed by atoms with Crippen molar-refractivity contribution in [3.05, 3.63) is 27.7 Å². The average molecular weight is 325 g/mol. The maximum absolute atomic E-state index is 11.1. The van der Waals surface area contributed by atoms with E-state index < -0.39 is 5.97 Å². The van der Waals surface area contributed by atoms with Crippen LogP contribution in [0.4, 0.5) is 0 Å². The number of fused-ring (bicyclic) bond motifs is 1. The zero-order valence-corrected chi connectivity index (χ0v) is 12.7. The third-order valence-corrected chi connectivity index (χ3v) is 4.50. The van der Waals surface area contributed by atoms with Crippen molar-refractivity contribution in [2.75, 3.05) is 0 Å².